The molecular formula is C23H30O2S2. The van der Waals surface area contributed by atoms with Crippen LogP contribution in [0, 0.1) is 13.8 Å². The fraction of sp³-hybridized carbons (Fsp3) is 0.435. The van der Waals surface area contributed by atoms with Crippen LogP contribution in [0.2, 0.25) is 0 Å². The molecule has 0 aromatic heterocycles. The minimum absolute atomic E-state index is 0.202. The molecule has 0 spiro atoms. The summed E-state index contributed by atoms with van der Waals surface area (Å²) in [6.07, 6.45) is 2.38. The van der Waals surface area contributed by atoms with E-state index < -0.39 is 4.93 Å². The molecule has 0 fully saturated rings. The first-order chi connectivity index (χ1) is 12.9. The maximum atomic E-state index is 12.5. The van der Waals surface area contributed by atoms with Crippen molar-refractivity contribution in [1.82, 2.24) is 0 Å². The summed E-state index contributed by atoms with van der Waals surface area (Å²) in [7, 11) is 0. The van der Waals surface area contributed by atoms with Gasteiger partial charge in [0.05, 0.1) is 5.25 Å². The molecule has 2 aromatic carbocycles. The van der Waals surface area contributed by atoms with Gasteiger partial charge in [-0.25, -0.2) is 0 Å². The minimum atomic E-state index is -1.01. The molecule has 1 N–H and O–H groups in total. The Labute approximate surface area is 172 Å². The maximum absolute atomic E-state index is 12.5. The molecule has 0 radical (unpaired) electrons. The maximum Gasteiger partial charge on any atom is 0.134 e. The van der Waals surface area contributed by atoms with Crippen LogP contribution in [0.15, 0.2) is 58.3 Å². The van der Waals surface area contributed by atoms with E-state index in [1.165, 1.54) is 17.3 Å². The molecule has 0 amide bonds. The summed E-state index contributed by atoms with van der Waals surface area (Å²) in [6.45, 7) is 8.16. The number of ketones is 1. The van der Waals surface area contributed by atoms with Gasteiger partial charge < -0.3 is 5.11 Å². The Kier molecular flexibility index (Phi) is 8.46. The molecule has 0 aliphatic heterocycles. The highest BCUT2D eigenvalue weighted by atomic mass is 32.2. The molecule has 0 aliphatic carbocycles. The molecule has 0 heterocycles. The van der Waals surface area contributed by atoms with Gasteiger partial charge in [-0.2, -0.15) is 0 Å². The lowest BCUT2D eigenvalue weighted by Gasteiger charge is -2.35. The molecule has 4 heteroatoms. The van der Waals surface area contributed by atoms with Gasteiger partial charge in [-0.05, 0) is 49.9 Å². The molecule has 2 atom stereocenters. The number of carbonyl (C=O) groups is 1. The van der Waals surface area contributed by atoms with E-state index in [2.05, 4.69) is 32.0 Å². The number of aliphatic hydroxyl groups is 1. The fourth-order valence-electron chi connectivity index (χ4n) is 2.95. The molecule has 2 nitrogen and oxygen atoms in total. The van der Waals surface area contributed by atoms with Crippen LogP contribution in [0.4, 0.5) is 0 Å². The zero-order chi connectivity index (χ0) is 19.9. The van der Waals surface area contributed by atoms with Gasteiger partial charge in [0, 0.05) is 22.6 Å². The Hall–Kier alpha value is -1.23. The average molecular weight is 403 g/mol. The SMILES string of the molecule is CCCC(=O)CC(Sc1ccccc1C)C(O)(CC)Sc1ccccc1C. The molecule has 146 valence electrons. The summed E-state index contributed by atoms with van der Waals surface area (Å²) < 4.78 is 0. The molecular weight excluding hydrogens is 372 g/mol. The van der Waals surface area contributed by atoms with E-state index in [4.69, 9.17) is 0 Å². The number of hydrogen-bond acceptors (Lipinski definition) is 4. The molecule has 2 aromatic rings. The zero-order valence-corrected chi connectivity index (χ0v) is 18.3. The molecule has 2 unspecified atom stereocenters. The number of aryl methyl sites for hydroxylation is 2. The van der Waals surface area contributed by atoms with Crippen LogP contribution >= 0.6 is 23.5 Å². The summed E-state index contributed by atoms with van der Waals surface area (Å²) in [6, 6.07) is 16.3. The van der Waals surface area contributed by atoms with Gasteiger partial charge in [-0.1, -0.05) is 62.0 Å². The number of carbonyl (C=O) groups excluding carboxylic acids is 1. The highest BCUT2D eigenvalue weighted by Gasteiger charge is 2.38. The van der Waals surface area contributed by atoms with E-state index in [1.54, 1.807) is 11.8 Å². The minimum Gasteiger partial charge on any atom is -0.378 e. The van der Waals surface area contributed by atoms with E-state index in [0.717, 1.165) is 21.8 Å². The van der Waals surface area contributed by atoms with Gasteiger partial charge in [-0.15, -0.1) is 11.8 Å². The third-order valence-corrected chi connectivity index (χ3v) is 8.00. The summed E-state index contributed by atoms with van der Waals surface area (Å²) in [5.41, 5.74) is 2.32. The van der Waals surface area contributed by atoms with Crippen LogP contribution in [0.25, 0.3) is 0 Å². The second-order valence-electron chi connectivity index (χ2n) is 6.93. The second-order valence-corrected chi connectivity index (χ2v) is 9.53. The first kappa shape index (κ1) is 22.1. The van der Waals surface area contributed by atoms with Gasteiger partial charge in [-0.3, -0.25) is 4.79 Å². The van der Waals surface area contributed by atoms with E-state index in [1.807, 2.05) is 44.2 Å². The Balaban J connectivity index is 2.34. The number of hydrogen-bond donors (Lipinski definition) is 1. The predicted octanol–water partition coefficient (Wildman–Crippen LogP) is 6.41. The quantitative estimate of drug-likeness (QED) is 0.368. The van der Waals surface area contributed by atoms with Crippen molar-refractivity contribution < 1.29 is 9.90 Å². The van der Waals surface area contributed by atoms with Gasteiger partial charge in [0.2, 0.25) is 0 Å². The van der Waals surface area contributed by atoms with Gasteiger partial charge in [0.25, 0.3) is 0 Å². The van der Waals surface area contributed by atoms with E-state index in [9.17, 15) is 9.90 Å². The third kappa shape index (κ3) is 6.13. The van der Waals surface area contributed by atoms with Crippen LogP contribution < -0.4 is 0 Å². The normalized spacial score (nSPS) is 14.6. The van der Waals surface area contributed by atoms with Crippen molar-refractivity contribution in [3.05, 3.63) is 59.7 Å². The van der Waals surface area contributed by atoms with Crippen LogP contribution in [0.5, 0.6) is 0 Å². The van der Waals surface area contributed by atoms with Crippen molar-refractivity contribution in [3.8, 4) is 0 Å². The fourth-order valence-corrected chi connectivity index (χ4v) is 5.69. The standard InChI is InChI=1S/C23H30O2S2/c1-5-11-19(24)16-22(26-20-14-9-7-12-17(20)3)23(25,6-2)27-21-15-10-8-13-18(21)4/h7-10,12-15,22,25H,5-6,11,16H2,1-4H3. The lowest BCUT2D eigenvalue weighted by atomic mass is 10.1. The predicted molar refractivity (Wildman–Crippen MR) is 118 cm³/mol. The Bertz CT molecular complexity index is 760. The zero-order valence-electron chi connectivity index (χ0n) is 16.7. The average Bonchev–Trinajstić information content (AvgIpc) is 2.65. The smallest absolute Gasteiger partial charge is 0.134 e. The van der Waals surface area contributed by atoms with Crippen molar-refractivity contribution in [2.75, 3.05) is 0 Å². The van der Waals surface area contributed by atoms with Crippen molar-refractivity contribution in [1.29, 1.82) is 0 Å². The summed E-state index contributed by atoms with van der Waals surface area (Å²) in [5, 5.41) is 11.4. The Morgan fingerprint density at radius 3 is 2.07 bits per heavy atom. The highest BCUT2D eigenvalue weighted by Crippen LogP contribution is 2.46. The number of Topliss-reactive ketones (excluding diaryl/α,β-unsaturated/α-hetero) is 1. The lowest BCUT2D eigenvalue weighted by molar-refractivity contribution is -0.119. The van der Waals surface area contributed by atoms with Crippen LogP contribution in [-0.2, 0) is 4.79 Å². The molecule has 0 saturated carbocycles. The van der Waals surface area contributed by atoms with Crippen molar-refractivity contribution >= 4 is 29.3 Å². The monoisotopic (exact) mass is 402 g/mol. The lowest BCUT2D eigenvalue weighted by Crippen LogP contribution is -2.38. The third-order valence-electron chi connectivity index (χ3n) is 4.69. The van der Waals surface area contributed by atoms with E-state index in [0.29, 0.717) is 19.3 Å². The first-order valence-electron chi connectivity index (χ1n) is 9.60. The van der Waals surface area contributed by atoms with Crippen molar-refractivity contribution in [2.45, 2.75) is 73.4 Å². The molecule has 27 heavy (non-hydrogen) atoms. The van der Waals surface area contributed by atoms with E-state index in [-0.39, 0.29) is 11.0 Å². The van der Waals surface area contributed by atoms with E-state index >= 15 is 0 Å². The van der Waals surface area contributed by atoms with Crippen LogP contribution in [0.1, 0.15) is 50.7 Å². The molecule has 0 saturated heterocycles. The summed E-state index contributed by atoms with van der Waals surface area (Å²) >= 11 is 3.13. The van der Waals surface area contributed by atoms with Gasteiger partial charge in [0.15, 0.2) is 0 Å². The highest BCUT2D eigenvalue weighted by molar-refractivity contribution is 8.04. The van der Waals surface area contributed by atoms with Gasteiger partial charge >= 0.3 is 0 Å². The van der Waals surface area contributed by atoms with Crippen LogP contribution in [0.3, 0.4) is 0 Å². The summed E-state index contributed by atoms with van der Waals surface area (Å²) in [5.74, 6) is 0.223. The molecule has 2 rings (SSSR count). The number of thioether (sulfide) groups is 2. The van der Waals surface area contributed by atoms with Crippen LogP contribution in [-0.4, -0.2) is 21.1 Å². The number of rotatable bonds is 10. The largest absolute Gasteiger partial charge is 0.378 e. The topological polar surface area (TPSA) is 37.3 Å². The number of benzene rings is 2. The first-order valence-corrected chi connectivity index (χ1v) is 11.3. The van der Waals surface area contributed by atoms with Crippen molar-refractivity contribution in [3.63, 3.8) is 0 Å². The Morgan fingerprint density at radius 2 is 1.56 bits per heavy atom. The van der Waals surface area contributed by atoms with Crippen molar-refractivity contribution in [2.24, 2.45) is 0 Å². The second kappa shape index (κ2) is 10.4. The molecule has 0 aliphatic rings. The molecule has 0 bridgehead atoms. The van der Waals surface area contributed by atoms with Gasteiger partial charge in [0.1, 0.15) is 10.7 Å². The Morgan fingerprint density at radius 1 is 1.00 bits per heavy atom. The summed E-state index contributed by atoms with van der Waals surface area (Å²) in [4.78, 5) is 13.7.